The van der Waals surface area contributed by atoms with E-state index >= 15 is 0 Å². The zero-order chi connectivity index (χ0) is 13.9. The number of rotatable bonds is 4. The van der Waals surface area contributed by atoms with Gasteiger partial charge in [0.25, 0.3) is 0 Å². The highest BCUT2D eigenvalue weighted by molar-refractivity contribution is 9.10. The van der Waals surface area contributed by atoms with Gasteiger partial charge in [-0.25, -0.2) is 0 Å². The highest BCUT2D eigenvalue weighted by Gasteiger charge is 2.35. The molecule has 2 fully saturated rings. The summed E-state index contributed by atoms with van der Waals surface area (Å²) < 4.78 is 1.17. The molecule has 2 nitrogen and oxygen atoms in total. The van der Waals surface area contributed by atoms with E-state index in [2.05, 4.69) is 57.5 Å². The number of fused-ring (bicyclic) bond motifs is 1. The normalized spacial score (nSPS) is 29.6. The average Bonchev–Trinajstić information content (AvgIpc) is 2.80. The Morgan fingerprint density at radius 2 is 2.15 bits per heavy atom. The Balaban J connectivity index is 1.50. The molecule has 1 N–H and O–H groups in total. The Hall–Kier alpha value is -0.380. The van der Waals surface area contributed by atoms with Crippen LogP contribution < -0.4 is 5.32 Å². The van der Waals surface area contributed by atoms with Gasteiger partial charge < -0.3 is 10.2 Å². The molecule has 1 aromatic carbocycles. The van der Waals surface area contributed by atoms with Crippen LogP contribution in [0.4, 0.5) is 0 Å². The zero-order valence-electron chi connectivity index (χ0n) is 12.3. The van der Waals surface area contributed by atoms with E-state index in [-0.39, 0.29) is 0 Å². The van der Waals surface area contributed by atoms with Gasteiger partial charge in [-0.2, -0.15) is 0 Å². The molecule has 110 valence electrons. The summed E-state index contributed by atoms with van der Waals surface area (Å²) in [5.41, 5.74) is 1.39. The minimum absolute atomic E-state index is 0.695. The zero-order valence-corrected chi connectivity index (χ0v) is 13.9. The van der Waals surface area contributed by atoms with E-state index in [0.717, 1.165) is 18.5 Å². The van der Waals surface area contributed by atoms with E-state index in [1.54, 1.807) is 0 Å². The SMILES string of the molecule is CN(Cc1cccc(Br)c1)CC1CC2CCCCC2N1. The van der Waals surface area contributed by atoms with Gasteiger partial charge in [0, 0.05) is 29.6 Å². The molecule has 1 heterocycles. The van der Waals surface area contributed by atoms with Gasteiger partial charge in [0.2, 0.25) is 0 Å². The van der Waals surface area contributed by atoms with Crippen molar-refractivity contribution < 1.29 is 0 Å². The van der Waals surface area contributed by atoms with E-state index in [9.17, 15) is 0 Å². The quantitative estimate of drug-likeness (QED) is 0.899. The fourth-order valence-electron chi connectivity index (χ4n) is 3.96. The molecule has 1 aromatic rings. The third-order valence-electron chi connectivity index (χ3n) is 4.82. The minimum Gasteiger partial charge on any atom is -0.310 e. The van der Waals surface area contributed by atoms with Gasteiger partial charge >= 0.3 is 0 Å². The maximum atomic E-state index is 3.87. The Morgan fingerprint density at radius 3 is 2.95 bits per heavy atom. The largest absolute Gasteiger partial charge is 0.310 e. The summed E-state index contributed by atoms with van der Waals surface area (Å²) in [6.07, 6.45) is 7.10. The van der Waals surface area contributed by atoms with Gasteiger partial charge in [0.1, 0.15) is 0 Å². The highest BCUT2D eigenvalue weighted by atomic mass is 79.9. The van der Waals surface area contributed by atoms with Gasteiger partial charge in [-0.15, -0.1) is 0 Å². The maximum Gasteiger partial charge on any atom is 0.0231 e. The summed E-state index contributed by atoms with van der Waals surface area (Å²) in [6.45, 7) is 2.20. The standard InChI is InChI=1S/C17H25BrN2/c1-20(11-13-5-4-7-15(18)9-13)12-16-10-14-6-2-3-8-17(14)19-16/h4-5,7,9,14,16-17,19H,2-3,6,8,10-12H2,1H3. The minimum atomic E-state index is 0.695. The Kier molecular flexibility index (Phi) is 4.79. The number of nitrogens with one attached hydrogen (secondary N) is 1. The third-order valence-corrected chi connectivity index (χ3v) is 5.31. The molecule has 1 saturated heterocycles. The smallest absolute Gasteiger partial charge is 0.0231 e. The first-order valence-corrected chi connectivity index (χ1v) is 8.69. The van der Waals surface area contributed by atoms with Crippen molar-refractivity contribution in [2.75, 3.05) is 13.6 Å². The molecule has 20 heavy (non-hydrogen) atoms. The molecule has 1 aliphatic heterocycles. The van der Waals surface area contributed by atoms with Crippen LogP contribution in [0.2, 0.25) is 0 Å². The van der Waals surface area contributed by atoms with E-state index in [1.165, 1.54) is 48.7 Å². The number of benzene rings is 1. The second kappa shape index (κ2) is 6.59. The van der Waals surface area contributed by atoms with Crippen LogP contribution in [0.25, 0.3) is 0 Å². The highest BCUT2D eigenvalue weighted by Crippen LogP contribution is 2.33. The van der Waals surface area contributed by atoms with Crippen LogP contribution in [-0.4, -0.2) is 30.6 Å². The van der Waals surface area contributed by atoms with Crippen molar-refractivity contribution in [3.63, 3.8) is 0 Å². The van der Waals surface area contributed by atoms with E-state index in [1.807, 2.05) is 0 Å². The van der Waals surface area contributed by atoms with E-state index in [4.69, 9.17) is 0 Å². The predicted molar refractivity (Wildman–Crippen MR) is 87.8 cm³/mol. The predicted octanol–water partition coefficient (Wildman–Crippen LogP) is 3.80. The topological polar surface area (TPSA) is 15.3 Å². The van der Waals surface area contributed by atoms with Crippen LogP contribution in [0.5, 0.6) is 0 Å². The monoisotopic (exact) mass is 336 g/mol. The summed E-state index contributed by atoms with van der Waals surface area (Å²) in [6, 6.07) is 10.2. The number of likely N-dealkylation sites (N-methyl/N-ethyl adjacent to an activating group) is 1. The molecule has 0 bridgehead atoms. The van der Waals surface area contributed by atoms with Crippen LogP contribution in [0.3, 0.4) is 0 Å². The lowest BCUT2D eigenvalue weighted by atomic mass is 9.85. The lowest BCUT2D eigenvalue weighted by Gasteiger charge is -2.24. The van der Waals surface area contributed by atoms with Crippen molar-refractivity contribution >= 4 is 15.9 Å². The molecule has 0 aromatic heterocycles. The van der Waals surface area contributed by atoms with Crippen LogP contribution in [0, 0.1) is 5.92 Å². The Labute approximate surface area is 131 Å². The maximum absolute atomic E-state index is 3.87. The molecule has 3 rings (SSSR count). The van der Waals surface area contributed by atoms with Gasteiger partial charge in [0.05, 0.1) is 0 Å². The van der Waals surface area contributed by atoms with E-state index in [0.29, 0.717) is 6.04 Å². The molecule has 3 atom stereocenters. The second-order valence-corrected chi connectivity index (χ2v) is 7.49. The molecular weight excluding hydrogens is 312 g/mol. The number of hydrogen-bond acceptors (Lipinski definition) is 2. The Morgan fingerprint density at radius 1 is 1.30 bits per heavy atom. The molecule has 1 aliphatic carbocycles. The summed E-state index contributed by atoms with van der Waals surface area (Å²) >= 11 is 3.55. The summed E-state index contributed by atoms with van der Waals surface area (Å²) in [5, 5.41) is 3.87. The van der Waals surface area contributed by atoms with Gasteiger partial charge in [-0.1, -0.05) is 40.9 Å². The molecule has 0 radical (unpaired) electrons. The van der Waals surface area contributed by atoms with Gasteiger partial charge in [0.15, 0.2) is 0 Å². The molecule has 2 aliphatic rings. The second-order valence-electron chi connectivity index (χ2n) is 6.58. The van der Waals surface area contributed by atoms with Crippen molar-refractivity contribution in [1.29, 1.82) is 0 Å². The molecule has 3 unspecified atom stereocenters. The molecule has 0 spiro atoms. The lowest BCUT2D eigenvalue weighted by molar-refractivity contribution is 0.288. The van der Waals surface area contributed by atoms with Gasteiger partial charge in [-0.3, -0.25) is 0 Å². The number of halogens is 1. The van der Waals surface area contributed by atoms with Crippen molar-refractivity contribution in [2.45, 2.75) is 50.7 Å². The molecule has 0 amide bonds. The summed E-state index contributed by atoms with van der Waals surface area (Å²) in [7, 11) is 2.24. The third kappa shape index (κ3) is 3.63. The van der Waals surface area contributed by atoms with Crippen molar-refractivity contribution in [1.82, 2.24) is 10.2 Å². The summed E-state index contributed by atoms with van der Waals surface area (Å²) in [4.78, 5) is 2.46. The molecular formula is C17H25BrN2. The number of hydrogen-bond donors (Lipinski definition) is 1. The van der Waals surface area contributed by atoms with Crippen LogP contribution >= 0.6 is 15.9 Å². The van der Waals surface area contributed by atoms with Crippen LogP contribution in [0.1, 0.15) is 37.7 Å². The lowest BCUT2D eigenvalue weighted by Crippen LogP contribution is -2.39. The van der Waals surface area contributed by atoms with Crippen molar-refractivity contribution in [2.24, 2.45) is 5.92 Å². The molecule has 1 saturated carbocycles. The Bertz CT molecular complexity index is 434. The fraction of sp³-hybridized carbons (Fsp3) is 0.647. The number of nitrogens with zero attached hydrogens (tertiary/aromatic N) is 1. The summed E-state index contributed by atoms with van der Waals surface area (Å²) in [5.74, 6) is 0.952. The van der Waals surface area contributed by atoms with Crippen molar-refractivity contribution in [3.8, 4) is 0 Å². The van der Waals surface area contributed by atoms with Crippen LogP contribution in [-0.2, 0) is 6.54 Å². The first-order chi connectivity index (χ1) is 9.70. The fourth-order valence-corrected chi connectivity index (χ4v) is 4.41. The first-order valence-electron chi connectivity index (χ1n) is 7.90. The van der Waals surface area contributed by atoms with Crippen LogP contribution in [0.15, 0.2) is 28.7 Å². The molecule has 3 heteroatoms. The van der Waals surface area contributed by atoms with Crippen molar-refractivity contribution in [3.05, 3.63) is 34.3 Å². The average molecular weight is 337 g/mol. The van der Waals surface area contributed by atoms with E-state index < -0.39 is 0 Å². The van der Waals surface area contributed by atoms with Gasteiger partial charge in [-0.05, 0) is 49.9 Å². The first kappa shape index (κ1) is 14.6.